The number of carbonyl (C=O) groups is 2. The Morgan fingerprint density at radius 3 is 2.73 bits per heavy atom. The third kappa shape index (κ3) is 3.09. The average Bonchev–Trinajstić information content (AvgIpc) is 2.68. The highest BCUT2D eigenvalue weighted by Gasteiger charge is 2.15. The van der Waals surface area contributed by atoms with Gasteiger partial charge in [0, 0.05) is 11.3 Å². The molecule has 0 aliphatic carbocycles. The second-order valence-corrected chi connectivity index (χ2v) is 5.18. The molecule has 0 aromatic heterocycles. The lowest BCUT2D eigenvalue weighted by molar-refractivity contribution is -0.116. The maximum Gasteiger partial charge on any atom is 0.255 e. The van der Waals surface area contributed by atoms with Crippen molar-refractivity contribution >= 4 is 23.2 Å². The maximum absolute atomic E-state index is 12.2. The normalized spacial score (nSPS) is 13.4. The molecule has 5 heteroatoms. The Bertz CT molecular complexity index is 723. The minimum Gasteiger partial charge on any atom is -0.491 e. The van der Waals surface area contributed by atoms with Crippen molar-refractivity contribution in [3.8, 4) is 5.75 Å². The van der Waals surface area contributed by atoms with E-state index in [1.807, 2.05) is 19.1 Å². The number of carbonyl (C=O) groups excluding carboxylic acids is 2. The third-order valence-electron chi connectivity index (χ3n) is 3.41. The predicted molar refractivity (Wildman–Crippen MR) is 84.3 cm³/mol. The zero-order valence-corrected chi connectivity index (χ0v) is 12.2. The fourth-order valence-electron chi connectivity index (χ4n) is 2.21. The second-order valence-electron chi connectivity index (χ2n) is 5.18. The van der Waals surface area contributed by atoms with Gasteiger partial charge in [-0.15, -0.1) is 0 Å². The molecule has 112 valence electrons. The Labute approximate surface area is 128 Å². The summed E-state index contributed by atoms with van der Waals surface area (Å²) in [4.78, 5) is 23.8. The summed E-state index contributed by atoms with van der Waals surface area (Å²) in [6.07, 6.45) is 0.319. The lowest BCUT2D eigenvalue weighted by Crippen LogP contribution is -2.13. The number of benzene rings is 2. The number of ether oxygens (including phenoxy) is 1. The lowest BCUT2D eigenvalue weighted by Gasteiger charge is -2.10. The van der Waals surface area contributed by atoms with E-state index in [0.29, 0.717) is 35.7 Å². The summed E-state index contributed by atoms with van der Waals surface area (Å²) < 4.78 is 5.48. The molecule has 1 heterocycles. The molecule has 0 saturated heterocycles. The summed E-state index contributed by atoms with van der Waals surface area (Å²) in [6, 6.07) is 12.5. The molecule has 0 spiro atoms. The van der Waals surface area contributed by atoms with Gasteiger partial charge in [0.1, 0.15) is 5.75 Å². The zero-order chi connectivity index (χ0) is 15.5. The van der Waals surface area contributed by atoms with Crippen LogP contribution in [-0.4, -0.2) is 18.4 Å². The average molecular weight is 296 g/mol. The molecule has 2 aromatic carbocycles. The Kier molecular flexibility index (Phi) is 3.78. The first-order valence-electron chi connectivity index (χ1n) is 7.06. The largest absolute Gasteiger partial charge is 0.491 e. The summed E-state index contributed by atoms with van der Waals surface area (Å²) in [5, 5.41) is 5.59. The first-order chi connectivity index (χ1) is 10.6. The molecule has 2 N–H and O–H groups in total. The van der Waals surface area contributed by atoms with Crippen molar-refractivity contribution in [1.82, 2.24) is 0 Å². The van der Waals surface area contributed by atoms with Gasteiger partial charge in [-0.2, -0.15) is 0 Å². The Hall–Kier alpha value is -2.82. The molecular formula is C17H16N2O3. The fraction of sp³-hybridized carbons (Fsp3) is 0.176. The topological polar surface area (TPSA) is 67.4 Å². The smallest absolute Gasteiger partial charge is 0.255 e. The number of rotatable bonds is 2. The maximum atomic E-state index is 12.2. The van der Waals surface area contributed by atoms with E-state index in [1.54, 1.807) is 30.3 Å². The third-order valence-corrected chi connectivity index (χ3v) is 3.41. The quantitative estimate of drug-likeness (QED) is 0.895. The number of fused-ring (bicyclic) bond motifs is 1. The van der Waals surface area contributed by atoms with Crippen LogP contribution in [0.1, 0.15) is 22.3 Å². The minimum atomic E-state index is -0.194. The van der Waals surface area contributed by atoms with Crippen LogP contribution in [-0.2, 0) is 4.79 Å². The van der Waals surface area contributed by atoms with Crippen molar-refractivity contribution in [2.24, 2.45) is 0 Å². The van der Waals surface area contributed by atoms with Crippen LogP contribution in [0.3, 0.4) is 0 Å². The van der Waals surface area contributed by atoms with Crippen molar-refractivity contribution in [3.63, 3.8) is 0 Å². The first-order valence-corrected chi connectivity index (χ1v) is 7.06. The van der Waals surface area contributed by atoms with Gasteiger partial charge in [0.2, 0.25) is 5.91 Å². The summed E-state index contributed by atoms with van der Waals surface area (Å²) in [6.45, 7) is 2.32. The summed E-state index contributed by atoms with van der Waals surface area (Å²) in [5.74, 6) is 0.320. The van der Waals surface area contributed by atoms with Crippen LogP contribution >= 0.6 is 0 Å². The molecule has 3 rings (SSSR count). The van der Waals surface area contributed by atoms with Crippen molar-refractivity contribution in [1.29, 1.82) is 0 Å². The van der Waals surface area contributed by atoms with Gasteiger partial charge < -0.3 is 15.4 Å². The van der Waals surface area contributed by atoms with Gasteiger partial charge in [-0.05, 0) is 37.3 Å². The van der Waals surface area contributed by atoms with E-state index < -0.39 is 0 Å². The van der Waals surface area contributed by atoms with Crippen LogP contribution < -0.4 is 15.4 Å². The minimum absolute atomic E-state index is 0.0965. The first kappa shape index (κ1) is 14.1. The van der Waals surface area contributed by atoms with E-state index in [1.165, 1.54) is 0 Å². The number of anilines is 2. The molecule has 0 unspecified atom stereocenters. The van der Waals surface area contributed by atoms with Crippen molar-refractivity contribution in [2.75, 3.05) is 17.2 Å². The molecule has 0 bridgehead atoms. The standard InChI is InChI=1S/C17H16N2O3/c1-11-2-4-12(5-3-11)17(21)18-13-6-7-15-14(10-13)19-16(20)8-9-22-15/h2-7,10H,8-9H2,1H3,(H,18,21)(H,19,20). The van der Waals surface area contributed by atoms with Crippen molar-refractivity contribution in [2.45, 2.75) is 13.3 Å². The van der Waals surface area contributed by atoms with Gasteiger partial charge in [0.25, 0.3) is 5.91 Å². The number of amides is 2. The fourth-order valence-corrected chi connectivity index (χ4v) is 2.21. The van der Waals surface area contributed by atoms with Gasteiger partial charge in [0.15, 0.2) is 0 Å². The molecule has 5 nitrogen and oxygen atoms in total. The molecule has 0 atom stereocenters. The number of hydrogen-bond donors (Lipinski definition) is 2. The number of hydrogen-bond acceptors (Lipinski definition) is 3. The lowest BCUT2D eigenvalue weighted by atomic mass is 10.1. The van der Waals surface area contributed by atoms with E-state index in [0.717, 1.165) is 5.56 Å². The summed E-state index contributed by atoms with van der Waals surface area (Å²) in [5.41, 5.74) is 2.86. The Morgan fingerprint density at radius 2 is 1.95 bits per heavy atom. The summed E-state index contributed by atoms with van der Waals surface area (Å²) in [7, 11) is 0. The van der Waals surface area contributed by atoms with Crippen LogP contribution in [0.5, 0.6) is 5.75 Å². The van der Waals surface area contributed by atoms with Gasteiger partial charge in [-0.3, -0.25) is 9.59 Å². The van der Waals surface area contributed by atoms with Crippen LogP contribution in [0.25, 0.3) is 0 Å². The predicted octanol–water partition coefficient (Wildman–Crippen LogP) is 2.97. The summed E-state index contributed by atoms with van der Waals surface area (Å²) >= 11 is 0. The van der Waals surface area contributed by atoms with Gasteiger partial charge in [0.05, 0.1) is 18.7 Å². The van der Waals surface area contributed by atoms with Gasteiger partial charge >= 0.3 is 0 Å². The Balaban J connectivity index is 1.79. The van der Waals surface area contributed by atoms with Crippen LogP contribution in [0.2, 0.25) is 0 Å². The second kappa shape index (κ2) is 5.89. The number of nitrogens with one attached hydrogen (secondary N) is 2. The highest BCUT2D eigenvalue weighted by Crippen LogP contribution is 2.30. The molecule has 2 aromatic rings. The van der Waals surface area contributed by atoms with Gasteiger partial charge in [-0.25, -0.2) is 0 Å². The highest BCUT2D eigenvalue weighted by atomic mass is 16.5. The van der Waals surface area contributed by atoms with Gasteiger partial charge in [-0.1, -0.05) is 17.7 Å². The highest BCUT2D eigenvalue weighted by molar-refractivity contribution is 6.05. The van der Waals surface area contributed by atoms with Crippen LogP contribution in [0.15, 0.2) is 42.5 Å². The van der Waals surface area contributed by atoms with E-state index >= 15 is 0 Å². The van der Waals surface area contributed by atoms with E-state index in [9.17, 15) is 9.59 Å². The van der Waals surface area contributed by atoms with E-state index in [2.05, 4.69) is 10.6 Å². The van der Waals surface area contributed by atoms with Crippen LogP contribution in [0, 0.1) is 6.92 Å². The molecule has 2 amide bonds. The molecule has 0 fully saturated rings. The molecular weight excluding hydrogens is 280 g/mol. The monoisotopic (exact) mass is 296 g/mol. The van der Waals surface area contributed by atoms with E-state index in [-0.39, 0.29) is 11.8 Å². The van der Waals surface area contributed by atoms with Crippen LogP contribution in [0.4, 0.5) is 11.4 Å². The molecule has 0 radical (unpaired) electrons. The SMILES string of the molecule is Cc1ccc(C(=O)Nc2ccc3c(c2)NC(=O)CCO3)cc1. The molecule has 1 aliphatic heterocycles. The number of aryl methyl sites for hydroxylation is 1. The van der Waals surface area contributed by atoms with Crippen molar-refractivity contribution in [3.05, 3.63) is 53.6 Å². The Morgan fingerprint density at radius 1 is 1.18 bits per heavy atom. The molecule has 0 saturated carbocycles. The molecule has 22 heavy (non-hydrogen) atoms. The van der Waals surface area contributed by atoms with E-state index in [4.69, 9.17) is 4.74 Å². The zero-order valence-electron chi connectivity index (χ0n) is 12.2. The molecule has 1 aliphatic rings. The van der Waals surface area contributed by atoms with Crippen molar-refractivity contribution < 1.29 is 14.3 Å².